The van der Waals surface area contributed by atoms with E-state index in [1.807, 2.05) is 17.0 Å². The van der Waals surface area contributed by atoms with Crippen LogP contribution in [0.3, 0.4) is 0 Å². The number of hydrogen-bond acceptors (Lipinski definition) is 3. The Hall–Kier alpha value is -2.04. The van der Waals surface area contributed by atoms with Crippen LogP contribution in [0.25, 0.3) is 0 Å². The Bertz CT molecular complexity index is 568. The lowest BCUT2D eigenvalue weighted by Gasteiger charge is -2.32. The molecule has 1 unspecified atom stereocenters. The van der Waals surface area contributed by atoms with E-state index in [0.29, 0.717) is 37.8 Å². The van der Waals surface area contributed by atoms with Crippen molar-refractivity contribution in [3.8, 4) is 5.75 Å². The van der Waals surface area contributed by atoms with Crippen LogP contribution in [0, 0.1) is 5.92 Å². The fourth-order valence-electron chi connectivity index (χ4n) is 3.22. The summed E-state index contributed by atoms with van der Waals surface area (Å²) < 4.78 is 5.68. The van der Waals surface area contributed by atoms with Crippen LogP contribution in [-0.2, 0) is 9.59 Å². The van der Waals surface area contributed by atoms with Gasteiger partial charge in [-0.3, -0.25) is 9.59 Å². The summed E-state index contributed by atoms with van der Waals surface area (Å²) in [5, 5.41) is 8.79. The molecule has 5 nitrogen and oxygen atoms in total. The average molecular weight is 347 g/mol. The van der Waals surface area contributed by atoms with Gasteiger partial charge in [0.2, 0.25) is 5.91 Å². The van der Waals surface area contributed by atoms with Crippen LogP contribution < -0.4 is 4.74 Å². The van der Waals surface area contributed by atoms with Crippen LogP contribution >= 0.6 is 0 Å². The summed E-state index contributed by atoms with van der Waals surface area (Å²) in [7, 11) is 0. The molecule has 138 valence electrons. The Kier molecular flexibility index (Phi) is 7.29. The monoisotopic (exact) mass is 347 g/mol. The Morgan fingerprint density at radius 3 is 2.60 bits per heavy atom. The highest BCUT2D eigenvalue weighted by Crippen LogP contribution is 2.22. The highest BCUT2D eigenvalue weighted by Gasteiger charge is 2.23. The molecule has 2 rings (SSSR count). The molecule has 1 N–H and O–H groups in total. The number of amides is 1. The van der Waals surface area contributed by atoms with Crippen LogP contribution in [-0.4, -0.2) is 41.6 Å². The summed E-state index contributed by atoms with van der Waals surface area (Å²) in [6.07, 6.45) is 3.15. The van der Waals surface area contributed by atoms with E-state index in [1.165, 1.54) is 5.56 Å². The molecule has 5 heteroatoms. The number of carbonyl (C=O) groups excluding carboxylic acids is 1. The zero-order valence-corrected chi connectivity index (χ0v) is 15.2. The highest BCUT2D eigenvalue weighted by atomic mass is 16.5. The number of ether oxygens (including phenoxy) is 1. The summed E-state index contributed by atoms with van der Waals surface area (Å²) in [5.41, 5.74) is 1.27. The van der Waals surface area contributed by atoms with Crippen LogP contribution in [0.4, 0.5) is 0 Å². The molecular weight excluding hydrogens is 318 g/mol. The molecule has 1 heterocycles. The first kappa shape index (κ1) is 19.3. The first-order valence-electron chi connectivity index (χ1n) is 9.18. The number of piperidine rings is 1. The number of rotatable bonds is 8. The molecule has 0 aromatic heterocycles. The van der Waals surface area contributed by atoms with Crippen molar-refractivity contribution in [1.82, 2.24) is 4.90 Å². The van der Waals surface area contributed by atoms with Gasteiger partial charge in [0.25, 0.3) is 0 Å². The summed E-state index contributed by atoms with van der Waals surface area (Å²) in [6, 6.07) is 8.00. The van der Waals surface area contributed by atoms with Gasteiger partial charge in [0, 0.05) is 19.5 Å². The van der Waals surface area contributed by atoms with Crippen LogP contribution in [0.5, 0.6) is 5.75 Å². The average Bonchev–Trinajstić information content (AvgIpc) is 2.60. The van der Waals surface area contributed by atoms with Crippen molar-refractivity contribution in [2.24, 2.45) is 5.92 Å². The topological polar surface area (TPSA) is 66.8 Å². The molecular formula is C20H29NO4. The number of carboxylic acid groups (broad SMARTS) is 1. The first-order chi connectivity index (χ1) is 12.0. The van der Waals surface area contributed by atoms with Crippen molar-refractivity contribution in [2.45, 2.75) is 51.9 Å². The number of hydrogen-bond donors (Lipinski definition) is 1. The number of aliphatic carboxylic acids is 1. The van der Waals surface area contributed by atoms with Crippen LogP contribution in [0.1, 0.15) is 57.4 Å². The number of carbonyl (C=O) groups is 2. The van der Waals surface area contributed by atoms with Gasteiger partial charge >= 0.3 is 5.97 Å². The molecule has 1 aliphatic rings. The van der Waals surface area contributed by atoms with Gasteiger partial charge in [-0.15, -0.1) is 0 Å². The summed E-state index contributed by atoms with van der Waals surface area (Å²) in [4.78, 5) is 24.9. The van der Waals surface area contributed by atoms with E-state index in [-0.39, 0.29) is 12.3 Å². The predicted octanol–water partition coefficient (Wildman–Crippen LogP) is 3.68. The van der Waals surface area contributed by atoms with E-state index < -0.39 is 5.97 Å². The van der Waals surface area contributed by atoms with E-state index in [0.717, 1.165) is 25.1 Å². The van der Waals surface area contributed by atoms with Crippen molar-refractivity contribution in [1.29, 1.82) is 0 Å². The minimum absolute atomic E-state index is 0.0961. The fraction of sp³-hybridized carbons (Fsp3) is 0.600. The van der Waals surface area contributed by atoms with E-state index in [9.17, 15) is 9.59 Å². The normalized spacial score (nSPS) is 17.6. The van der Waals surface area contributed by atoms with Crippen molar-refractivity contribution >= 4 is 11.9 Å². The summed E-state index contributed by atoms with van der Waals surface area (Å²) >= 11 is 0. The highest BCUT2D eigenvalue weighted by molar-refractivity contribution is 5.76. The Balaban J connectivity index is 1.73. The molecule has 0 spiro atoms. The largest absolute Gasteiger partial charge is 0.493 e. The van der Waals surface area contributed by atoms with E-state index in [1.54, 1.807) is 0 Å². The Morgan fingerprint density at radius 2 is 1.96 bits per heavy atom. The van der Waals surface area contributed by atoms with Gasteiger partial charge in [-0.1, -0.05) is 26.0 Å². The van der Waals surface area contributed by atoms with Crippen LogP contribution in [0.2, 0.25) is 0 Å². The third-order valence-corrected chi connectivity index (χ3v) is 4.77. The van der Waals surface area contributed by atoms with E-state index in [2.05, 4.69) is 26.0 Å². The predicted molar refractivity (Wildman–Crippen MR) is 96.8 cm³/mol. The van der Waals surface area contributed by atoms with Gasteiger partial charge in [0.05, 0.1) is 13.0 Å². The summed E-state index contributed by atoms with van der Waals surface area (Å²) in [5.74, 6) is 0.913. The van der Waals surface area contributed by atoms with Crippen molar-refractivity contribution in [3.63, 3.8) is 0 Å². The minimum atomic E-state index is -0.764. The van der Waals surface area contributed by atoms with E-state index in [4.69, 9.17) is 9.84 Å². The third kappa shape index (κ3) is 6.40. The standard InChI is InChI=1S/C20H29NO4/c1-15(2)17-6-8-18(9-7-17)25-13-11-19(22)21-12-3-4-16(14-21)5-10-20(23)24/h6-9,15-16H,3-5,10-14H2,1-2H3,(H,23,24). The molecule has 1 saturated heterocycles. The minimum Gasteiger partial charge on any atom is -0.493 e. The third-order valence-electron chi connectivity index (χ3n) is 4.77. The molecule has 0 aliphatic carbocycles. The Morgan fingerprint density at radius 1 is 1.24 bits per heavy atom. The second kappa shape index (κ2) is 9.44. The molecule has 0 saturated carbocycles. The molecule has 1 atom stereocenters. The maximum absolute atomic E-state index is 12.3. The number of likely N-dealkylation sites (tertiary alicyclic amines) is 1. The lowest BCUT2D eigenvalue weighted by molar-refractivity contribution is -0.137. The van der Waals surface area contributed by atoms with Crippen molar-refractivity contribution < 1.29 is 19.4 Å². The van der Waals surface area contributed by atoms with Gasteiger partial charge in [0.15, 0.2) is 0 Å². The maximum atomic E-state index is 12.3. The van der Waals surface area contributed by atoms with Crippen LogP contribution in [0.15, 0.2) is 24.3 Å². The second-order valence-electron chi connectivity index (χ2n) is 7.10. The second-order valence-corrected chi connectivity index (χ2v) is 7.10. The smallest absolute Gasteiger partial charge is 0.303 e. The molecule has 0 bridgehead atoms. The SMILES string of the molecule is CC(C)c1ccc(OCCC(=O)N2CCCC(CCC(=O)O)C2)cc1. The zero-order valence-electron chi connectivity index (χ0n) is 15.2. The Labute approximate surface area is 150 Å². The molecule has 0 radical (unpaired) electrons. The zero-order chi connectivity index (χ0) is 18.2. The van der Waals surface area contributed by atoms with Gasteiger partial charge in [-0.2, -0.15) is 0 Å². The number of carboxylic acids is 1. The van der Waals surface area contributed by atoms with Gasteiger partial charge in [-0.25, -0.2) is 0 Å². The van der Waals surface area contributed by atoms with Gasteiger partial charge in [-0.05, 0) is 48.8 Å². The number of benzene rings is 1. The van der Waals surface area contributed by atoms with Crippen molar-refractivity contribution in [3.05, 3.63) is 29.8 Å². The first-order valence-corrected chi connectivity index (χ1v) is 9.18. The molecule has 1 aliphatic heterocycles. The van der Waals surface area contributed by atoms with Gasteiger partial charge < -0.3 is 14.7 Å². The quantitative estimate of drug-likeness (QED) is 0.779. The fourth-order valence-corrected chi connectivity index (χ4v) is 3.22. The maximum Gasteiger partial charge on any atom is 0.303 e. The van der Waals surface area contributed by atoms with Crippen molar-refractivity contribution in [2.75, 3.05) is 19.7 Å². The summed E-state index contributed by atoms with van der Waals surface area (Å²) in [6.45, 7) is 6.12. The lowest BCUT2D eigenvalue weighted by Crippen LogP contribution is -2.40. The molecule has 1 amide bonds. The molecule has 1 aromatic rings. The molecule has 25 heavy (non-hydrogen) atoms. The lowest BCUT2D eigenvalue weighted by atomic mass is 9.93. The van der Waals surface area contributed by atoms with E-state index >= 15 is 0 Å². The number of nitrogens with zero attached hydrogens (tertiary/aromatic N) is 1. The van der Waals surface area contributed by atoms with Gasteiger partial charge in [0.1, 0.15) is 5.75 Å². The molecule has 1 aromatic carbocycles. The molecule has 1 fully saturated rings.